The van der Waals surface area contributed by atoms with Crippen molar-refractivity contribution in [3.05, 3.63) is 0 Å². The Morgan fingerprint density at radius 2 is 1.17 bits per heavy atom. The third kappa shape index (κ3) is 57.6. The smallest absolute Gasteiger partial charge is 0.413 e. The lowest BCUT2D eigenvalue weighted by molar-refractivity contribution is -0.193. The first-order chi connectivity index (χ1) is 19.2. The molecule has 0 rings (SSSR count). The molecule has 0 fully saturated rings. The molecule has 0 aromatic rings. The van der Waals surface area contributed by atoms with Gasteiger partial charge in [0.05, 0.1) is 13.2 Å². The lowest BCUT2D eigenvalue weighted by atomic mass is 10.3. The minimum Gasteiger partial charge on any atom is -0.450 e. The molecule has 0 aliphatic rings. The number of nitrogens with one attached hydrogen (secondary N) is 3. The monoisotopic (exact) mass is 612 g/mol. The molecule has 0 bridgehead atoms. The molecule has 2 amide bonds. The predicted molar refractivity (Wildman–Crippen MR) is 160 cm³/mol. The number of rotatable bonds is 11. The minimum atomic E-state index is -0.485. The molecule has 0 saturated heterocycles. The van der Waals surface area contributed by atoms with Gasteiger partial charge in [0.2, 0.25) is 5.96 Å². The van der Waals surface area contributed by atoms with Gasteiger partial charge in [-0.15, -0.1) is 0 Å². The second-order valence-corrected chi connectivity index (χ2v) is 7.18. The summed E-state index contributed by atoms with van der Waals surface area (Å²) < 4.78 is 9.43. The van der Waals surface area contributed by atoms with E-state index in [2.05, 4.69) is 30.7 Å². The van der Waals surface area contributed by atoms with Crippen molar-refractivity contribution in [2.45, 2.75) is 60.8 Å². The van der Waals surface area contributed by atoms with E-state index in [0.717, 1.165) is 38.8 Å². The summed E-state index contributed by atoms with van der Waals surface area (Å²) in [4.78, 5) is 62.7. The van der Waals surface area contributed by atoms with E-state index >= 15 is 0 Å². The van der Waals surface area contributed by atoms with E-state index in [0.29, 0.717) is 50.5 Å². The standard InChI is InChI=1S/C10H22N4O2.C7H14N2O2S.C4H12N2.2CO2.CH4/c1-3-12-9(13-8-6-5-7-11)14-10(15)16-4-2;1-4-8-6(12-3)9-7(10)11-5-2;5-3-1-2-4-6;2*2-1-3;/h3-8,11H2,1-2H3,(H2,12,13,14,15);4-5H2,1-3H3,(H,8,9,10);1-6H2;;;1H4. The maximum Gasteiger partial charge on any atom is 0.413 e. The third-order valence-electron chi connectivity index (χ3n) is 3.36. The second-order valence-electron chi connectivity index (χ2n) is 6.38. The molecule has 0 aromatic carbocycles. The van der Waals surface area contributed by atoms with Crippen LogP contribution in [0.2, 0.25) is 0 Å². The molecule has 0 heterocycles. The van der Waals surface area contributed by atoms with Gasteiger partial charge in [0.1, 0.15) is 0 Å². The first-order valence-corrected chi connectivity index (χ1v) is 13.8. The summed E-state index contributed by atoms with van der Waals surface area (Å²) in [6, 6.07) is 0. The van der Waals surface area contributed by atoms with Gasteiger partial charge < -0.3 is 32.0 Å². The lowest BCUT2D eigenvalue weighted by Crippen LogP contribution is -2.41. The number of carbonyl (C=O) groups is 2. The number of nitrogens with two attached hydrogens (primary N) is 3. The van der Waals surface area contributed by atoms with Crippen molar-refractivity contribution in [1.29, 1.82) is 0 Å². The normalized spacial score (nSPS) is 9.27. The molecule has 41 heavy (non-hydrogen) atoms. The van der Waals surface area contributed by atoms with Crippen LogP contribution in [0.15, 0.2) is 9.98 Å². The van der Waals surface area contributed by atoms with Crippen molar-refractivity contribution in [3.63, 3.8) is 0 Å². The molecular weight excluding hydrogens is 560 g/mol. The van der Waals surface area contributed by atoms with E-state index in [1.165, 1.54) is 11.8 Å². The first-order valence-electron chi connectivity index (χ1n) is 12.6. The molecule has 0 aliphatic heterocycles. The van der Waals surface area contributed by atoms with Gasteiger partial charge in [-0.1, -0.05) is 19.2 Å². The van der Waals surface area contributed by atoms with Crippen LogP contribution in [0.5, 0.6) is 0 Å². The number of thioether (sulfide) groups is 1. The molecule has 0 spiro atoms. The Morgan fingerprint density at radius 3 is 1.51 bits per heavy atom. The highest BCUT2D eigenvalue weighted by atomic mass is 32.2. The molecule has 242 valence electrons. The summed E-state index contributed by atoms with van der Waals surface area (Å²) in [5.41, 5.74) is 15.7. The summed E-state index contributed by atoms with van der Waals surface area (Å²) in [5.74, 6) is 0.456. The van der Waals surface area contributed by atoms with Crippen LogP contribution < -0.4 is 33.2 Å². The Balaban J connectivity index is -0.000000107. The van der Waals surface area contributed by atoms with Gasteiger partial charge >= 0.3 is 24.5 Å². The summed E-state index contributed by atoms with van der Waals surface area (Å²) >= 11 is 1.39. The van der Waals surface area contributed by atoms with Gasteiger partial charge in [-0.2, -0.15) is 19.2 Å². The molecule has 17 heteroatoms. The Labute approximate surface area is 248 Å². The zero-order chi connectivity index (χ0) is 31.9. The number of hydrogen-bond acceptors (Lipinski definition) is 14. The molecule has 0 aliphatic carbocycles. The lowest BCUT2D eigenvalue weighted by Gasteiger charge is -2.09. The Bertz CT molecular complexity index is 685. The van der Waals surface area contributed by atoms with Gasteiger partial charge in [-0.05, 0) is 79.3 Å². The Hall–Kier alpha value is -3.33. The van der Waals surface area contributed by atoms with Gasteiger partial charge in [0.15, 0.2) is 5.17 Å². The molecule has 0 saturated carbocycles. The van der Waals surface area contributed by atoms with Crippen LogP contribution in [-0.2, 0) is 28.7 Å². The molecule has 0 atom stereocenters. The van der Waals surface area contributed by atoms with Gasteiger partial charge in [-0.25, -0.2) is 9.59 Å². The molecular formula is C24H52N8O8S. The van der Waals surface area contributed by atoms with Crippen molar-refractivity contribution < 1.29 is 38.2 Å². The quantitative estimate of drug-likeness (QED) is 0.108. The molecule has 16 nitrogen and oxygen atoms in total. The number of hydrogen-bond donors (Lipinski definition) is 6. The van der Waals surface area contributed by atoms with Crippen LogP contribution in [0.3, 0.4) is 0 Å². The number of unbranched alkanes of at least 4 members (excludes halogenated alkanes) is 2. The zero-order valence-corrected chi connectivity index (χ0v) is 25.1. The highest BCUT2D eigenvalue weighted by Crippen LogP contribution is 1.95. The van der Waals surface area contributed by atoms with E-state index < -0.39 is 12.2 Å². The van der Waals surface area contributed by atoms with Gasteiger partial charge in [-0.3, -0.25) is 20.6 Å². The molecule has 0 aromatic heterocycles. The number of amides is 2. The molecule has 0 unspecified atom stereocenters. The average Bonchev–Trinajstić information content (AvgIpc) is 2.91. The first kappa shape index (κ1) is 50.5. The number of ether oxygens (including phenoxy) is 2. The van der Waals surface area contributed by atoms with Crippen LogP contribution in [0.1, 0.15) is 60.8 Å². The largest absolute Gasteiger partial charge is 0.450 e. The van der Waals surface area contributed by atoms with Crippen molar-refractivity contribution in [1.82, 2.24) is 16.0 Å². The zero-order valence-electron chi connectivity index (χ0n) is 24.3. The third-order valence-corrected chi connectivity index (χ3v) is 3.98. The fraction of sp³-hybridized carbons (Fsp3) is 0.750. The molecule has 9 N–H and O–H groups in total. The van der Waals surface area contributed by atoms with E-state index in [4.69, 9.17) is 41.1 Å². The van der Waals surface area contributed by atoms with E-state index in [-0.39, 0.29) is 19.7 Å². The average molecular weight is 613 g/mol. The fourth-order valence-electron chi connectivity index (χ4n) is 1.86. The number of guanidine groups is 1. The summed E-state index contributed by atoms with van der Waals surface area (Å²) in [5, 5.41) is 8.61. The van der Waals surface area contributed by atoms with Gasteiger partial charge in [0.25, 0.3) is 0 Å². The number of alkyl carbamates (subject to hydrolysis) is 2. The second kappa shape index (κ2) is 49.6. The highest BCUT2D eigenvalue weighted by Gasteiger charge is 2.04. The Morgan fingerprint density at radius 1 is 0.756 bits per heavy atom. The van der Waals surface area contributed by atoms with Crippen molar-refractivity contribution in [2.75, 3.05) is 58.7 Å². The molecule has 0 radical (unpaired) electrons. The van der Waals surface area contributed by atoms with Crippen LogP contribution in [-0.4, -0.2) is 94.4 Å². The number of amidine groups is 1. The summed E-state index contributed by atoms with van der Waals surface area (Å²) in [6.45, 7) is 12.3. The number of nitrogens with zero attached hydrogens (tertiary/aromatic N) is 2. The van der Waals surface area contributed by atoms with Crippen LogP contribution in [0.4, 0.5) is 9.59 Å². The number of carbonyl (C=O) groups excluding carboxylic acids is 6. The van der Waals surface area contributed by atoms with E-state index in [1.807, 2.05) is 20.1 Å². The van der Waals surface area contributed by atoms with E-state index in [1.54, 1.807) is 13.8 Å². The maximum atomic E-state index is 11.1. The van der Waals surface area contributed by atoms with Crippen molar-refractivity contribution >= 4 is 47.4 Å². The topological polar surface area (TPSA) is 260 Å². The highest BCUT2D eigenvalue weighted by molar-refractivity contribution is 8.13. The van der Waals surface area contributed by atoms with Crippen LogP contribution in [0.25, 0.3) is 0 Å². The van der Waals surface area contributed by atoms with Crippen molar-refractivity contribution in [3.8, 4) is 0 Å². The SMILES string of the molecule is C.CCN=C(NC(=O)OCC)SC.CCNC(=NCCCCN)NC(=O)OCC.NCCCCN.O=C=O.O=C=O. The van der Waals surface area contributed by atoms with E-state index in [9.17, 15) is 9.59 Å². The fourth-order valence-corrected chi connectivity index (χ4v) is 2.30. The minimum absolute atomic E-state index is 0. The summed E-state index contributed by atoms with van der Waals surface area (Å²) in [7, 11) is 0. The summed E-state index contributed by atoms with van der Waals surface area (Å²) in [6.07, 6.45) is 5.39. The number of aliphatic imine (C=N–C) groups is 2. The Kier molecular flexibility index (Phi) is 61.1. The van der Waals surface area contributed by atoms with Gasteiger partial charge in [0, 0.05) is 19.6 Å². The van der Waals surface area contributed by atoms with Crippen LogP contribution in [0, 0.1) is 0 Å². The predicted octanol–water partition coefficient (Wildman–Crippen LogP) is 1.06. The van der Waals surface area contributed by atoms with Crippen molar-refractivity contribution in [2.24, 2.45) is 27.2 Å². The van der Waals surface area contributed by atoms with Crippen LogP contribution >= 0.6 is 11.8 Å². The maximum absolute atomic E-state index is 11.1.